The van der Waals surface area contributed by atoms with E-state index in [1.54, 1.807) is 6.07 Å². The fraction of sp³-hybridized carbons (Fsp3) is 0.400. The number of fused-ring (bicyclic) bond motifs is 1. The highest BCUT2D eigenvalue weighted by molar-refractivity contribution is 6.03. The van der Waals surface area contributed by atoms with E-state index in [0.29, 0.717) is 16.5 Å². The van der Waals surface area contributed by atoms with Crippen molar-refractivity contribution in [1.82, 2.24) is 9.80 Å². The summed E-state index contributed by atoms with van der Waals surface area (Å²) in [6, 6.07) is 4.48. The third-order valence-corrected chi connectivity index (χ3v) is 4.75. The van der Waals surface area contributed by atoms with E-state index in [1.165, 1.54) is 18.0 Å². The van der Waals surface area contributed by atoms with Crippen molar-refractivity contribution in [1.29, 1.82) is 0 Å². The summed E-state index contributed by atoms with van der Waals surface area (Å²) in [6.45, 7) is 5.39. The molecule has 0 spiro atoms. The van der Waals surface area contributed by atoms with Crippen molar-refractivity contribution >= 4 is 28.9 Å². The van der Waals surface area contributed by atoms with E-state index in [2.05, 4.69) is 13.8 Å². The van der Waals surface area contributed by atoms with E-state index in [9.17, 15) is 19.2 Å². The van der Waals surface area contributed by atoms with Crippen LogP contribution in [0.1, 0.15) is 36.5 Å². The first kappa shape index (κ1) is 19.6. The molecule has 0 saturated carbocycles. The van der Waals surface area contributed by atoms with Crippen LogP contribution in [0.3, 0.4) is 0 Å². The van der Waals surface area contributed by atoms with Gasteiger partial charge in [0.2, 0.25) is 0 Å². The van der Waals surface area contributed by atoms with Crippen LogP contribution >= 0.6 is 0 Å². The highest BCUT2D eigenvalue weighted by atomic mass is 16.5. The van der Waals surface area contributed by atoms with Crippen molar-refractivity contribution in [2.75, 3.05) is 20.1 Å². The number of urea groups is 1. The molecule has 1 saturated heterocycles. The lowest BCUT2D eigenvalue weighted by Gasteiger charge is -2.15. The second-order valence-corrected chi connectivity index (χ2v) is 7.23. The maximum atomic E-state index is 12.1. The lowest BCUT2D eigenvalue weighted by atomic mass is 9.95. The highest BCUT2D eigenvalue weighted by Crippen LogP contribution is 2.27. The second-order valence-electron chi connectivity index (χ2n) is 7.23. The van der Waals surface area contributed by atoms with Crippen molar-refractivity contribution in [2.45, 2.75) is 33.3 Å². The zero-order valence-electron chi connectivity index (χ0n) is 16.3. The molecule has 0 radical (unpaired) electrons. The number of amides is 3. The molecule has 2 heterocycles. The molecule has 0 atom stereocenters. The van der Waals surface area contributed by atoms with Crippen LogP contribution in [-0.4, -0.2) is 47.8 Å². The molecule has 0 N–H and O–H groups in total. The van der Waals surface area contributed by atoms with Crippen LogP contribution in [0.25, 0.3) is 11.0 Å². The van der Waals surface area contributed by atoms with Gasteiger partial charge in [0.25, 0.3) is 5.91 Å². The average molecular weight is 386 g/mol. The number of likely N-dealkylation sites (N-methyl/N-ethyl adjacent to an activating group) is 1. The number of aryl methyl sites for hydroxylation is 1. The Morgan fingerprint density at radius 2 is 1.93 bits per heavy atom. The predicted octanol–water partition coefficient (Wildman–Crippen LogP) is 2.16. The molecular weight excluding hydrogens is 364 g/mol. The summed E-state index contributed by atoms with van der Waals surface area (Å²) in [6.07, 6.45) is 0. The number of benzene rings is 1. The van der Waals surface area contributed by atoms with Crippen LogP contribution in [0.4, 0.5) is 4.79 Å². The lowest BCUT2D eigenvalue weighted by Crippen LogP contribution is -2.36. The van der Waals surface area contributed by atoms with Crippen LogP contribution in [0, 0.1) is 6.92 Å². The molecule has 1 aliphatic heterocycles. The number of rotatable bonds is 5. The molecule has 0 bridgehead atoms. The van der Waals surface area contributed by atoms with E-state index >= 15 is 0 Å². The molecule has 3 rings (SSSR count). The van der Waals surface area contributed by atoms with Gasteiger partial charge in [0.05, 0.1) is 0 Å². The molecule has 0 aliphatic carbocycles. The largest absolute Gasteiger partial charge is 0.459 e. The number of esters is 1. The standard InChI is InChI=1S/C20H22N2O6/c1-11(2)14-7-15-13(6-18(24)28-16(15)5-12(14)3)10-27-19(25)9-22-17(23)8-21(4)20(22)26/h5-7,11H,8-10H2,1-4H3. The molecule has 1 aromatic heterocycles. The Hall–Kier alpha value is -3.16. The van der Waals surface area contributed by atoms with Gasteiger partial charge in [-0.25, -0.2) is 9.59 Å². The van der Waals surface area contributed by atoms with E-state index in [4.69, 9.17) is 9.15 Å². The summed E-state index contributed by atoms with van der Waals surface area (Å²) in [5, 5.41) is 0.690. The Kier molecular flexibility index (Phi) is 5.22. The molecule has 3 amide bonds. The van der Waals surface area contributed by atoms with Gasteiger partial charge >= 0.3 is 17.6 Å². The normalized spacial score (nSPS) is 14.5. The summed E-state index contributed by atoms with van der Waals surface area (Å²) >= 11 is 0. The molecule has 148 valence electrons. The van der Waals surface area contributed by atoms with Gasteiger partial charge in [0.15, 0.2) is 0 Å². The minimum absolute atomic E-state index is 0.0617. The molecule has 2 aromatic rings. The first-order valence-corrected chi connectivity index (χ1v) is 8.95. The van der Waals surface area contributed by atoms with E-state index in [-0.39, 0.29) is 19.1 Å². The van der Waals surface area contributed by atoms with E-state index < -0.39 is 30.1 Å². The van der Waals surface area contributed by atoms with E-state index in [1.807, 2.05) is 13.0 Å². The van der Waals surface area contributed by atoms with Gasteiger partial charge in [-0.3, -0.25) is 14.5 Å². The Bertz CT molecular complexity index is 1020. The molecule has 1 aliphatic rings. The minimum Gasteiger partial charge on any atom is -0.459 e. The average Bonchev–Trinajstić information content (AvgIpc) is 2.84. The van der Waals surface area contributed by atoms with Gasteiger partial charge in [-0.2, -0.15) is 0 Å². The number of carbonyl (C=O) groups is 3. The van der Waals surface area contributed by atoms with Gasteiger partial charge < -0.3 is 14.1 Å². The minimum atomic E-state index is -0.727. The van der Waals surface area contributed by atoms with Crippen LogP contribution in [0.5, 0.6) is 0 Å². The van der Waals surface area contributed by atoms with E-state index in [0.717, 1.165) is 16.0 Å². The Morgan fingerprint density at radius 3 is 2.54 bits per heavy atom. The van der Waals surface area contributed by atoms with Gasteiger partial charge in [-0.15, -0.1) is 0 Å². The van der Waals surface area contributed by atoms with Crippen LogP contribution < -0.4 is 5.63 Å². The quantitative estimate of drug-likeness (QED) is 0.444. The maximum Gasteiger partial charge on any atom is 0.336 e. The summed E-state index contributed by atoms with van der Waals surface area (Å²) in [5.41, 5.74) is 2.51. The molecule has 8 nitrogen and oxygen atoms in total. The van der Waals surface area contributed by atoms with Gasteiger partial charge in [-0.05, 0) is 36.1 Å². The Balaban J connectivity index is 1.81. The van der Waals surface area contributed by atoms with Crippen LogP contribution in [0.15, 0.2) is 27.4 Å². The molecular formula is C20H22N2O6. The zero-order chi connectivity index (χ0) is 20.6. The molecule has 1 aromatic carbocycles. The monoisotopic (exact) mass is 386 g/mol. The molecule has 8 heteroatoms. The van der Waals surface area contributed by atoms with Gasteiger partial charge in [0, 0.05) is 24.1 Å². The number of nitrogens with zero attached hydrogens (tertiary/aromatic N) is 2. The summed E-state index contributed by atoms with van der Waals surface area (Å²) < 4.78 is 10.5. The van der Waals surface area contributed by atoms with Crippen molar-refractivity contribution in [2.24, 2.45) is 0 Å². The molecule has 1 fully saturated rings. The fourth-order valence-electron chi connectivity index (χ4n) is 3.29. The van der Waals surface area contributed by atoms with Crippen molar-refractivity contribution in [3.05, 3.63) is 45.3 Å². The number of imide groups is 1. The summed E-state index contributed by atoms with van der Waals surface area (Å²) in [5.74, 6) is -0.905. The topological polar surface area (TPSA) is 97.1 Å². The van der Waals surface area contributed by atoms with Gasteiger partial charge in [0.1, 0.15) is 25.3 Å². The first-order valence-electron chi connectivity index (χ1n) is 8.95. The SMILES string of the molecule is Cc1cc2oc(=O)cc(COC(=O)CN3C(=O)CN(C)C3=O)c2cc1C(C)C. The third kappa shape index (κ3) is 3.76. The maximum absolute atomic E-state index is 12.1. The van der Waals surface area contributed by atoms with Crippen molar-refractivity contribution in [3.8, 4) is 0 Å². The number of hydrogen-bond acceptors (Lipinski definition) is 6. The fourth-order valence-corrected chi connectivity index (χ4v) is 3.29. The molecule has 0 unspecified atom stereocenters. The third-order valence-electron chi connectivity index (χ3n) is 4.75. The second kappa shape index (κ2) is 7.46. The summed E-state index contributed by atoms with van der Waals surface area (Å²) in [4.78, 5) is 49.7. The smallest absolute Gasteiger partial charge is 0.336 e. The number of ether oxygens (including phenoxy) is 1. The number of carbonyl (C=O) groups excluding carboxylic acids is 3. The van der Waals surface area contributed by atoms with Crippen LogP contribution in [0.2, 0.25) is 0 Å². The predicted molar refractivity (Wildman–Crippen MR) is 101 cm³/mol. The first-order chi connectivity index (χ1) is 13.2. The van der Waals surface area contributed by atoms with Gasteiger partial charge in [-0.1, -0.05) is 13.8 Å². The summed E-state index contributed by atoms with van der Waals surface area (Å²) in [7, 11) is 1.48. The van der Waals surface area contributed by atoms with Crippen molar-refractivity contribution in [3.63, 3.8) is 0 Å². The highest BCUT2D eigenvalue weighted by Gasteiger charge is 2.35. The zero-order valence-corrected chi connectivity index (χ0v) is 16.3. The lowest BCUT2D eigenvalue weighted by molar-refractivity contribution is -0.147. The molecule has 28 heavy (non-hydrogen) atoms. The van der Waals surface area contributed by atoms with Crippen LogP contribution in [-0.2, 0) is 20.9 Å². The Morgan fingerprint density at radius 1 is 1.21 bits per heavy atom. The number of hydrogen-bond donors (Lipinski definition) is 0. The Labute approximate surface area is 161 Å². The van der Waals surface area contributed by atoms with Crippen molar-refractivity contribution < 1.29 is 23.5 Å².